The number of carbonyl (C=O) groups excluding carboxylic acids is 1. The predicted molar refractivity (Wildman–Crippen MR) is 79.6 cm³/mol. The fourth-order valence-electron chi connectivity index (χ4n) is 2.57. The first-order valence-electron chi connectivity index (χ1n) is 7.66. The molecular weight excluding hydrogens is 293 g/mol. The van der Waals surface area contributed by atoms with Crippen LogP contribution in [0.2, 0.25) is 0 Å². The number of halogens is 3. The summed E-state index contributed by atoms with van der Waals surface area (Å²) < 4.78 is 37.3. The fourth-order valence-corrected chi connectivity index (χ4v) is 2.57. The normalized spacial score (nSPS) is 16.2. The van der Waals surface area contributed by atoms with Crippen molar-refractivity contribution in [3.63, 3.8) is 0 Å². The van der Waals surface area contributed by atoms with Crippen molar-refractivity contribution < 1.29 is 18.0 Å². The lowest BCUT2D eigenvalue weighted by molar-refractivity contribution is -0.137. The number of hydrogen-bond donors (Lipinski definition) is 1. The van der Waals surface area contributed by atoms with Gasteiger partial charge in [0, 0.05) is 31.7 Å². The standard InChI is InChI=1S/C16H21F3N2O/c17-16(18,19)13-5-7-14(8-6-13)20-10-9-15(22)21-11-3-1-2-4-12-21/h5-8,20H,1-4,9-12H2. The smallest absolute Gasteiger partial charge is 0.385 e. The zero-order chi connectivity index (χ0) is 16.0. The summed E-state index contributed by atoms with van der Waals surface area (Å²) in [5, 5.41) is 2.99. The van der Waals surface area contributed by atoms with Gasteiger partial charge in [-0.25, -0.2) is 0 Å². The highest BCUT2D eigenvalue weighted by Crippen LogP contribution is 2.29. The molecule has 0 unspecified atom stereocenters. The van der Waals surface area contributed by atoms with Gasteiger partial charge in [0.25, 0.3) is 0 Å². The third kappa shape index (κ3) is 4.93. The lowest BCUT2D eigenvalue weighted by atomic mass is 10.2. The van der Waals surface area contributed by atoms with Crippen LogP contribution in [0.5, 0.6) is 0 Å². The lowest BCUT2D eigenvalue weighted by Crippen LogP contribution is -2.32. The summed E-state index contributed by atoms with van der Waals surface area (Å²) >= 11 is 0. The summed E-state index contributed by atoms with van der Waals surface area (Å²) in [4.78, 5) is 14.0. The average Bonchev–Trinajstić information content (AvgIpc) is 2.76. The van der Waals surface area contributed by atoms with Crippen molar-refractivity contribution in [2.75, 3.05) is 25.0 Å². The maximum absolute atomic E-state index is 12.4. The van der Waals surface area contributed by atoms with Gasteiger partial charge in [-0.05, 0) is 37.1 Å². The van der Waals surface area contributed by atoms with E-state index >= 15 is 0 Å². The van der Waals surface area contributed by atoms with Crippen LogP contribution in [-0.2, 0) is 11.0 Å². The second-order valence-electron chi connectivity index (χ2n) is 5.55. The van der Waals surface area contributed by atoms with E-state index in [1.54, 1.807) is 0 Å². The number of carbonyl (C=O) groups is 1. The number of likely N-dealkylation sites (tertiary alicyclic amines) is 1. The van der Waals surface area contributed by atoms with E-state index in [1.807, 2.05) is 4.90 Å². The molecule has 1 heterocycles. The SMILES string of the molecule is O=C(CCNc1ccc(C(F)(F)F)cc1)N1CCCCCC1. The average molecular weight is 314 g/mol. The van der Waals surface area contributed by atoms with Crippen molar-refractivity contribution in [3.8, 4) is 0 Å². The Hall–Kier alpha value is -1.72. The van der Waals surface area contributed by atoms with Crippen molar-refractivity contribution in [3.05, 3.63) is 29.8 Å². The Balaban J connectivity index is 1.77. The maximum Gasteiger partial charge on any atom is 0.416 e. The summed E-state index contributed by atoms with van der Waals surface area (Å²) in [6, 6.07) is 4.86. The molecule has 1 aliphatic heterocycles. The largest absolute Gasteiger partial charge is 0.416 e. The number of hydrogen-bond acceptors (Lipinski definition) is 2. The molecule has 0 bridgehead atoms. The summed E-state index contributed by atoms with van der Waals surface area (Å²) in [5.41, 5.74) is -0.0737. The molecule has 2 rings (SSSR count). The highest BCUT2D eigenvalue weighted by molar-refractivity contribution is 5.76. The maximum atomic E-state index is 12.4. The van der Waals surface area contributed by atoms with E-state index in [0.717, 1.165) is 38.1 Å². The molecular formula is C16H21F3N2O. The number of alkyl halides is 3. The lowest BCUT2D eigenvalue weighted by Gasteiger charge is -2.20. The van der Waals surface area contributed by atoms with E-state index in [2.05, 4.69) is 5.32 Å². The first-order valence-corrected chi connectivity index (χ1v) is 7.66. The summed E-state index contributed by atoms with van der Waals surface area (Å²) in [7, 11) is 0. The van der Waals surface area contributed by atoms with Crippen molar-refractivity contribution in [1.29, 1.82) is 0 Å². The molecule has 122 valence electrons. The van der Waals surface area contributed by atoms with Gasteiger partial charge in [0.2, 0.25) is 5.91 Å². The van der Waals surface area contributed by atoms with E-state index in [1.165, 1.54) is 25.0 Å². The molecule has 1 aliphatic rings. The van der Waals surface area contributed by atoms with Gasteiger partial charge >= 0.3 is 6.18 Å². The minimum absolute atomic E-state index is 0.112. The molecule has 1 amide bonds. The highest BCUT2D eigenvalue weighted by Gasteiger charge is 2.29. The quantitative estimate of drug-likeness (QED) is 0.914. The molecule has 0 atom stereocenters. The number of nitrogens with one attached hydrogen (secondary N) is 1. The van der Waals surface area contributed by atoms with Gasteiger partial charge in [-0.1, -0.05) is 12.8 Å². The van der Waals surface area contributed by atoms with E-state index < -0.39 is 11.7 Å². The number of amides is 1. The Labute approximate surface area is 128 Å². The van der Waals surface area contributed by atoms with Crippen LogP contribution in [-0.4, -0.2) is 30.4 Å². The molecule has 1 aromatic rings. The predicted octanol–water partition coefficient (Wildman–Crippen LogP) is 3.91. The van der Waals surface area contributed by atoms with Crippen LogP contribution in [0, 0.1) is 0 Å². The second-order valence-corrected chi connectivity index (χ2v) is 5.55. The van der Waals surface area contributed by atoms with Crippen LogP contribution in [0.1, 0.15) is 37.7 Å². The van der Waals surface area contributed by atoms with Crippen LogP contribution >= 0.6 is 0 Å². The van der Waals surface area contributed by atoms with Crippen molar-refractivity contribution in [2.24, 2.45) is 0 Å². The first-order chi connectivity index (χ1) is 10.5. The van der Waals surface area contributed by atoms with E-state index in [0.29, 0.717) is 18.7 Å². The first kappa shape index (κ1) is 16.6. The fraction of sp³-hybridized carbons (Fsp3) is 0.562. The Kier molecular flexibility index (Phi) is 5.69. The van der Waals surface area contributed by atoms with Crippen LogP contribution in [0.15, 0.2) is 24.3 Å². The Bertz CT molecular complexity index is 477. The van der Waals surface area contributed by atoms with Crippen LogP contribution in [0.3, 0.4) is 0 Å². The molecule has 3 nitrogen and oxygen atoms in total. The van der Waals surface area contributed by atoms with E-state index in [9.17, 15) is 18.0 Å². The second kappa shape index (κ2) is 7.51. The zero-order valence-electron chi connectivity index (χ0n) is 12.5. The van der Waals surface area contributed by atoms with Gasteiger partial charge in [0.15, 0.2) is 0 Å². The Morgan fingerprint density at radius 2 is 1.64 bits per heavy atom. The van der Waals surface area contributed by atoms with E-state index in [-0.39, 0.29) is 5.91 Å². The highest BCUT2D eigenvalue weighted by atomic mass is 19.4. The number of rotatable bonds is 4. The number of nitrogens with zero attached hydrogens (tertiary/aromatic N) is 1. The van der Waals surface area contributed by atoms with Crippen LogP contribution < -0.4 is 5.32 Å². The van der Waals surface area contributed by atoms with Crippen molar-refractivity contribution in [1.82, 2.24) is 4.90 Å². The van der Waals surface area contributed by atoms with Gasteiger partial charge in [-0.3, -0.25) is 4.79 Å². The summed E-state index contributed by atoms with van der Waals surface area (Å²) in [6.45, 7) is 2.07. The molecule has 0 spiro atoms. The minimum Gasteiger partial charge on any atom is -0.385 e. The molecule has 0 aromatic heterocycles. The number of benzene rings is 1. The van der Waals surface area contributed by atoms with Gasteiger partial charge in [0.05, 0.1) is 5.56 Å². The van der Waals surface area contributed by atoms with E-state index in [4.69, 9.17) is 0 Å². The molecule has 0 radical (unpaired) electrons. The topological polar surface area (TPSA) is 32.3 Å². The molecule has 0 aliphatic carbocycles. The molecule has 0 saturated carbocycles. The van der Waals surface area contributed by atoms with Crippen LogP contribution in [0.4, 0.5) is 18.9 Å². The summed E-state index contributed by atoms with van der Waals surface area (Å²) in [5.74, 6) is 0.112. The Morgan fingerprint density at radius 3 is 2.18 bits per heavy atom. The third-order valence-corrected chi connectivity index (χ3v) is 3.84. The molecule has 1 fully saturated rings. The van der Waals surface area contributed by atoms with Crippen LogP contribution in [0.25, 0.3) is 0 Å². The third-order valence-electron chi connectivity index (χ3n) is 3.84. The summed E-state index contributed by atoms with van der Waals surface area (Å²) in [6.07, 6.45) is 0.500. The molecule has 1 N–H and O–H groups in total. The molecule has 1 aromatic carbocycles. The minimum atomic E-state index is -4.32. The molecule has 6 heteroatoms. The monoisotopic (exact) mass is 314 g/mol. The zero-order valence-corrected chi connectivity index (χ0v) is 12.5. The van der Waals surface area contributed by atoms with Crippen molar-refractivity contribution >= 4 is 11.6 Å². The Morgan fingerprint density at radius 1 is 1.05 bits per heavy atom. The number of anilines is 1. The van der Waals surface area contributed by atoms with Gasteiger partial charge < -0.3 is 10.2 Å². The van der Waals surface area contributed by atoms with Gasteiger partial charge in [0.1, 0.15) is 0 Å². The molecule has 1 saturated heterocycles. The van der Waals surface area contributed by atoms with Gasteiger partial charge in [-0.15, -0.1) is 0 Å². The van der Waals surface area contributed by atoms with Crippen molar-refractivity contribution in [2.45, 2.75) is 38.3 Å². The van der Waals surface area contributed by atoms with Gasteiger partial charge in [-0.2, -0.15) is 13.2 Å². The molecule has 22 heavy (non-hydrogen) atoms.